The third-order valence-corrected chi connectivity index (χ3v) is 5.66. The average molecular weight is 454 g/mol. The first-order valence-electron chi connectivity index (χ1n) is 9.54. The van der Waals surface area contributed by atoms with E-state index in [1.165, 1.54) is 47.6 Å². The number of anilines is 2. The third kappa shape index (κ3) is 4.65. The van der Waals surface area contributed by atoms with E-state index in [0.717, 1.165) is 22.3 Å². The number of aromatic nitrogens is 1. The molecule has 0 saturated heterocycles. The normalized spacial score (nSPS) is 11.8. The number of alkyl halides is 3. The van der Waals surface area contributed by atoms with E-state index >= 15 is 0 Å². The van der Waals surface area contributed by atoms with Gasteiger partial charge in [0.1, 0.15) is 5.75 Å². The number of halogens is 3. The van der Waals surface area contributed by atoms with Crippen molar-refractivity contribution >= 4 is 44.4 Å². The van der Waals surface area contributed by atoms with E-state index < -0.39 is 17.6 Å². The first-order chi connectivity index (χ1) is 15.3. The molecular formula is C24H17F3N2O2S. The van der Waals surface area contributed by atoms with E-state index in [-0.39, 0.29) is 5.56 Å². The standard InChI is InChI=1S/C24H17F3N2O2S/c1-31-19-9-5-8-18(15-19)29(23-28-20-10-2-3-11-21(20)32-23)22(30)13-12-16-6-4-7-17(14-16)24(25,26)27/h2-15H,1H3. The fourth-order valence-electron chi connectivity index (χ4n) is 3.10. The summed E-state index contributed by atoms with van der Waals surface area (Å²) in [4.78, 5) is 19.2. The fraction of sp³-hybridized carbons (Fsp3) is 0.0833. The Bertz CT molecular complexity index is 1260. The van der Waals surface area contributed by atoms with Crippen LogP contribution in [0.15, 0.2) is 78.9 Å². The molecule has 0 N–H and O–H groups in total. The van der Waals surface area contributed by atoms with Crippen molar-refractivity contribution in [1.82, 2.24) is 4.98 Å². The minimum Gasteiger partial charge on any atom is -0.497 e. The molecule has 162 valence electrons. The van der Waals surface area contributed by atoms with Crippen molar-refractivity contribution in [1.29, 1.82) is 0 Å². The minimum absolute atomic E-state index is 0.267. The Morgan fingerprint density at radius 1 is 1.03 bits per heavy atom. The van der Waals surface area contributed by atoms with Crippen LogP contribution in [0.5, 0.6) is 5.75 Å². The Morgan fingerprint density at radius 2 is 1.81 bits per heavy atom. The van der Waals surface area contributed by atoms with Crippen LogP contribution in [0.1, 0.15) is 11.1 Å². The molecule has 0 bridgehead atoms. The number of amides is 1. The van der Waals surface area contributed by atoms with Gasteiger partial charge in [-0.2, -0.15) is 13.2 Å². The number of methoxy groups -OCH3 is 1. The van der Waals surface area contributed by atoms with Gasteiger partial charge in [0.15, 0.2) is 5.13 Å². The number of ether oxygens (including phenoxy) is 1. The Labute approximate surface area is 186 Å². The molecule has 0 atom stereocenters. The summed E-state index contributed by atoms with van der Waals surface area (Å²) in [7, 11) is 1.52. The summed E-state index contributed by atoms with van der Waals surface area (Å²) in [6, 6.07) is 19.2. The number of hydrogen-bond acceptors (Lipinski definition) is 4. The molecule has 3 aromatic carbocycles. The zero-order valence-corrected chi connectivity index (χ0v) is 17.7. The van der Waals surface area contributed by atoms with Crippen LogP contribution in [0, 0.1) is 0 Å². The number of rotatable bonds is 5. The monoisotopic (exact) mass is 454 g/mol. The number of benzene rings is 3. The van der Waals surface area contributed by atoms with E-state index in [1.54, 1.807) is 24.3 Å². The smallest absolute Gasteiger partial charge is 0.416 e. The molecule has 0 aliphatic rings. The highest BCUT2D eigenvalue weighted by atomic mass is 32.1. The second-order valence-corrected chi connectivity index (χ2v) is 7.80. The predicted molar refractivity (Wildman–Crippen MR) is 120 cm³/mol. The number of thiazole rings is 1. The van der Waals surface area contributed by atoms with Crippen LogP contribution in [0.2, 0.25) is 0 Å². The molecule has 0 saturated carbocycles. The molecule has 8 heteroatoms. The van der Waals surface area contributed by atoms with Gasteiger partial charge in [0.2, 0.25) is 0 Å². The van der Waals surface area contributed by atoms with Gasteiger partial charge in [-0.25, -0.2) is 4.98 Å². The van der Waals surface area contributed by atoms with Crippen LogP contribution in [-0.2, 0) is 11.0 Å². The molecular weight excluding hydrogens is 437 g/mol. The van der Waals surface area contributed by atoms with Gasteiger partial charge in [0.05, 0.1) is 28.6 Å². The first-order valence-corrected chi connectivity index (χ1v) is 10.4. The lowest BCUT2D eigenvalue weighted by atomic mass is 10.1. The second-order valence-electron chi connectivity index (χ2n) is 6.80. The molecule has 1 aromatic heterocycles. The second kappa shape index (κ2) is 8.84. The van der Waals surface area contributed by atoms with Gasteiger partial charge in [-0.3, -0.25) is 9.69 Å². The third-order valence-electron chi connectivity index (χ3n) is 4.64. The lowest BCUT2D eigenvalue weighted by molar-refractivity contribution is -0.137. The van der Waals surface area contributed by atoms with Gasteiger partial charge >= 0.3 is 6.18 Å². The van der Waals surface area contributed by atoms with E-state index in [1.807, 2.05) is 24.3 Å². The minimum atomic E-state index is -4.46. The van der Waals surface area contributed by atoms with Crippen molar-refractivity contribution in [2.24, 2.45) is 0 Å². The van der Waals surface area contributed by atoms with Crippen molar-refractivity contribution in [2.75, 3.05) is 12.0 Å². The molecule has 0 aliphatic heterocycles. The molecule has 0 aliphatic carbocycles. The topological polar surface area (TPSA) is 42.4 Å². The quantitative estimate of drug-likeness (QED) is 0.315. The zero-order valence-electron chi connectivity index (χ0n) is 16.8. The Balaban J connectivity index is 1.72. The molecule has 0 fully saturated rings. The van der Waals surface area contributed by atoms with E-state index in [0.29, 0.717) is 16.6 Å². The first kappa shape index (κ1) is 21.6. The van der Waals surface area contributed by atoms with Gasteiger partial charge in [-0.05, 0) is 48.0 Å². The molecule has 1 amide bonds. The van der Waals surface area contributed by atoms with Crippen LogP contribution in [0.3, 0.4) is 0 Å². The van der Waals surface area contributed by atoms with Crippen LogP contribution < -0.4 is 9.64 Å². The van der Waals surface area contributed by atoms with Crippen molar-refractivity contribution in [2.45, 2.75) is 6.18 Å². The number of hydrogen-bond donors (Lipinski definition) is 0. The number of nitrogens with zero attached hydrogens (tertiary/aromatic N) is 2. The van der Waals surface area contributed by atoms with Gasteiger partial charge in [-0.15, -0.1) is 0 Å². The Morgan fingerprint density at radius 3 is 2.56 bits per heavy atom. The van der Waals surface area contributed by atoms with Crippen molar-refractivity contribution in [3.8, 4) is 5.75 Å². The van der Waals surface area contributed by atoms with E-state index in [4.69, 9.17) is 4.74 Å². The summed E-state index contributed by atoms with van der Waals surface area (Å²) in [5.74, 6) is 0.109. The average Bonchev–Trinajstić information content (AvgIpc) is 3.21. The molecule has 0 unspecified atom stereocenters. The van der Waals surface area contributed by atoms with Gasteiger partial charge < -0.3 is 4.74 Å². The molecule has 4 aromatic rings. The summed E-state index contributed by atoms with van der Waals surface area (Å²) in [6.07, 6.45) is -1.86. The van der Waals surface area contributed by atoms with Gasteiger partial charge in [0, 0.05) is 12.1 Å². The molecule has 1 heterocycles. The summed E-state index contributed by atoms with van der Waals surface area (Å²) in [5, 5.41) is 0.443. The molecule has 4 rings (SSSR count). The maximum Gasteiger partial charge on any atom is 0.416 e. The Hall–Kier alpha value is -3.65. The predicted octanol–water partition coefficient (Wildman–Crippen LogP) is 6.70. The van der Waals surface area contributed by atoms with E-state index in [9.17, 15) is 18.0 Å². The van der Waals surface area contributed by atoms with Crippen molar-refractivity contribution < 1.29 is 22.7 Å². The van der Waals surface area contributed by atoms with Crippen LogP contribution in [0.25, 0.3) is 16.3 Å². The fourth-order valence-corrected chi connectivity index (χ4v) is 4.09. The maximum absolute atomic E-state index is 13.2. The van der Waals surface area contributed by atoms with Crippen LogP contribution in [0.4, 0.5) is 24.0 Å². The lowest BCUT2D eigenvalue weighted by Gasteiger charge is -2.19. The largest absolute Gasteiger partial charge is 0.497 e. The van der Waals surface area contributed by atoms with Crippen LogP contribution in [-0.4, -0.2) is 18.0 Å². The van der Waals surface area contributed by atoms with Crippen LogP contribution >= 0.6 is 11.3 Å². The zero-order chi connectivity index (χ0) is 22.7. The maximum atomic E-state index is 13.2. The summed E-state index contributed by atoms with van der Waals surface area (Å²) < 4.78 is 45.2. The number of para-hydroxylation sites is 1. The number of carbonyl (C=O) groups excluding carboxylic acids is 1. The summed E-state index contributed by atoms with van der Waals surface area (Å²) in [6.45, 7) is 0. The molecule has 0 spiro atoms. The Kier molecular flexibility index (Phi) is 5.96. The molecule has 32 heavy (non-hydrogen) atoms. The van der Waals surface area contributed by atoms with Crippen molar-refractivity contribution in [3.63, 3.8) is 0 Å². The van der Waals surface area contributed by atoms with Gasteiger partial charge in [-0.1, -0.05) is 41.7 Å². The summed E-state index contributed by atoms with van der Waals surface area (Å²) in [5.41, 5.74) is 0.767. The highest BCUT2D eigenvalue weighted by Gasteiger charge is 2.30. The highest BCUT2D eigenvalue weighted by Crippen LogP contribution is 2.35. The number of carbonyl (C=O) groups is 1. The SMILES string of the molecule is COc1cccc(N(C(=O)C=Cc2cccc(C(F)(F)F)c2)c2nc3ccccc3s2)c1. The molecule has 4 nitrogen and oxygen atoms in total. The van der Waals surface area contributed by atoms with Gasteiger partial charge in [0.25, 0.3) is 5.91 Å². The van der Waals surface area contributed by atoms with Crippen molar-refractivity contribution in [3.05, 3.63) is 90.0 Å². The van der Waals surface area contributed by atoms with E-state index in [2.05, 4.69) is 4.98 Å². The highest BCUT2D eigenvalue weighted by molar-refractivity contribution is 7.22. The molecule has 0 radical (unpaired) electrons. The number of fused-ring (bicyclic) bond motifs is 1. The lowest BCUT2D eigenvalue weighted by Crippen LogP contribution is -2.23. The summed E-state index contributed by atoms with van der Waals surface area (Å²) >= 11 is 1.34.